The van der Waals surface area contributed by atoms with Crippen molar-refractivity contribution in [2.45, 2.75) is 110 Å². The average Bonchev–Trinajstić information content (AvgIpc) is 1.65. The van der Waals surface area contributed by atoms with E-state index in [-0.39, 0.29) is 115 Å². The Balaban J connectivity index is 0.000000207. The summed E-state index contributed by atoms with van der Waals surface area (Å²) in [7, 11) is -7.08. The summed E-state index contributed by atoms with van der Waals surface area (Å²) in [6.07, 6.45) is 6.81. The molecule has 2 amide bonds. The third-order valence-electron chi connectivity index (χ3n) is 20.5. The van der Waals surface area contributed by atoms with Crippen molar-refractivity contribution in [1.82, 2.24) is 92.7 Å². The van der Waals surface area contributed by atoms with Gasteiger partial charge in [0, 0.05) is 63.7 Å². The number of amides is 2. The summed E-state index contributed by atoms with van der Waals surface area (Å²) >= 11 is 0. The van der Waals surface area contributed by atoms with E-state index in [1.54, 1.807) is 142 Å². The number of imidazole rings is 4. The first kappa shape index (κ1) is 89.1. The molecule has 4 aliphatic heterocycles. The van der Waals surface area contributed by atoms with Crippen LogP contribution in [0.2, 0.25) is 0 Å². The van der Waals surface area contributed by atoms with E-state index >= 15 is 0 Å². The van der Waals surface area contributed by atoms with Crippen LogP contribution in [0.3, 0.4) is 0 Å². The molecule has 0 bridgehead atoms. The SMILES string of the molecule is Cc1nc(NCC(C)C)nc2c1ncn2[C@H]1CCC[C@@H](CO[P@](C)(=O)N2C[C@@H](COC(=O)c3ccccc3)O[C@@H](n3cnc4c(NC(=O)c5ccccc5)ncnc43)C2)O1.Cc1nc(NCC(C)C)nc2c1ncn2[C@H]1CNC[C@@H](CO[P@](C)(=O)N2C[C@@H](COC(=O)c3ccccc3)O[C@@H](n3cnc4c(NC(=O)c5ccccc5)ncnc43)C2)O1.S.S. The van der Waals surface area contributed by atoms with Crippen LogP contribution in [0.1, 0.15) is 125 Å². The van der Waals surface area contributed by atoms with E-state index < -0.39 is 64.0 Å². The second kappa shape index (κ2) is 40.1. The van der Waals surface area contributed by atoms with E-state index in [2.05, 4.69) is 104 Å². The highest BCUT2D eigenvalue weighted by Crippen LogP contribution is 2.52. The number of ether oxygens (including phenoxy) is 6. The molecule has 12 aromatic rings. The molecule has 0 aliphatic carbocycles. The number of rotatable bonds is 28. The Morgan fingerprint density at radius 1 is 0.443 bits per heavy atom. The van der Waals surface area contributed by atoms with Gasteiger partial charge in [0.2, 0.25) is 11.9 Å². The molecule has 12 heterocycles. The summed E-state index contributed by atoms with van der Waals surface area (Å²) < 4.78 is 89.8. The molecule has 41 heteroatoms. The molecule has 4 aliphatic rings. The molecular formula is C81H99N23O14P2S2. The van der Waals surface area contributed by atoms with Gasteiger partial charge >= 0.3 is 11.9 Å². The lowest BCUT2D eigenvalue weighted by Gasteiger charge is -2.40. The van der Waals surface area contributed by atoms with Gasteiger partial charge in [0.15, 0.2) is 45.3 Å². The zero-order valence-electron chi connectivity index (χ0n) is 68.6. The fourth-order valence-corrected chi connectivity index (χ4v) is 17.3. The summed E-state index contributed by atoms with van der Waals surface area (Å²) in [5.74, 6) is 0.598. The molecule has 0 saturated carbocycles. The van der Waals surface area contributed by atoms with Crippen molar-refractivity contribution in [2.75, 3.05) is 113 Å². The number of benzene rings is 4. The molecular weight excluding hydrogens is 1650 g/mol. The Morgan fingerprint density at radius 3 is 1.26 bits per heavy atom. The number of aryl methyl sites for hydroxylation is 2. The molecule has 4 fully saturated rings. The van der Waals surface area contributed by atoms with Crippen molar-refractivity contribution in [3.8, 4) is 0 Å². The third kappa shape index (κ3) is 21.3. The van der Waals surface area contributed by atoms with Crippen LogP contribution in [-0.2, 0) is 46.6 Å². The smallest absolute Gasteiger partial charge is 0.338 e. The number of hydrogen-bond donors (Lipinski definition) is 5. The number of hydrogen-bond acceptors (Lipinski definition) is 29. The second-order valence-corrected chi connectivity index (χ2v) is 35.4. The predicted molar refractivity (Wildman–Crippen MR) is 465 cm³/mol. The molecule has 0 unspecified atom stereocenters. The van der Waals surface area contributed by atoms with Crippen LogP contribution >= 0.6 is 42.0 Å². The van der Waals surface area contributed by atoms with E-state index in [0.717, 1.165) is 37.3 Å². The minimum atomic E-state index is -3.55. The zero-order valence-corrected chi connectivity index (χ0v) is 72.3. The number of aromatic nitrogens is 16. The Hall–Kier alpha value is -10.6. The monoisotopic (exact) mass is 1740 g/mol. The Kier molecular flexibility index (Phi) is 29.3. The van der Waals surface area contributed by atoms with Crippen molar-refractivity contribution in [3.05, 3.63) is 193 Å². The van der Waals surface area contributed by atoms with E-state index in [0.29, 0.717) is 110 Å². The number of carbonyl (C=O) groups excluding carboxylic acids is 4. The first-order chi connectivity index (χ1) is 58.0. The molecule has 644 valence electrons. The highest BCUT2D eigenvalue weighted by molar-refractivity contribution is 7.59. The van der Waals surface area contributed by atoms with Gasteiger partial charge in [0.05, 0.1) is 86.3 Å². The van der Waals surface area contributed by atoms with E-state index in [1.165, 1.54) is 25.3 Å². The minimum Gasteiger partial charge on any atom is -0.459 e. The largest absolute Gasteiger partial charge is 0.459 e. The predicted octanol–water partition coefficient (Wildman–Crippen LogP) is 11.2. The van der Waals surface area contributed by atoms with Crippen LogP contribution in [0.4, 0.5) is 23.5 Å². The van der Waals surface area contributed by atoms with Gasteiger partial charge in [0.1, 0.15) is 74.0 Å². The van der Waals surface area contributed by atoms with Gasteiger partial charge in [-0.3, -0.25) is 37.0 Å². The molecule has 10 atom stereocenters. The van der Waals surface area contributed by atoms with Gasteiger partial charge < -0.3 is 64.1 Å². The third-order valence-corrected chi connectivity index (χ3v) is 24.5. The topological polar surface area (TPSA) is 417 Å². The molecule has 8 aromatic heterocycles. The lowest BCUT2D eigenvalue weighted by molar-refractivity contribution is -0.122. The van der Waals surface area contributed by atoms with Crippen LogP contribution in [0, 0.1) is 25.7 Å². The van der Waals surface area contributed by atoms with Crippen LogP contribution in [0.15, 0.2) is 159 Å². The van der Waals surface area contributed by atoms with E-state index in [4.69, 9.17) is 47.4 Å². The van der Waals surface area contributed by atoms with Crippen LogP contribution in [0.5, 0.6) is 0 Å². The molecule has 4 saturated heterocycles. The van der Waals surface area contributed by atoms with Crippen LogP contribution in [0.25, 0.3) is 44.7 Å². The van der Waals surface area contributed by atoms with Gasteiger partial charge in [-0.1, -0.05) is 100 Å². The first-order valence-corrected chi connectivity index (χ1v) is 43.8. The van der Waals surface area contributed by atoms with Gasteiger partial charge in [-0.05, 0) is 93.5 Å². The zero-order chi connectivity index (χ0) is 83.6. The van der Waals surface area contributed by atoms with Gasteiger partial charge in [-0.15, -0.1) is 0 Å². The number of morpholine rings is 3. The van der Waals surface area contributed by atoms with E-state index in [1.807, 2.05) is 47.2 Å². The van der Waals surface area contributed by atoms with Crippen LogP contribution < -0.4 is 26.6 Å². The lowest BCUT2D eigenvalue weighted by Crippen LogP contribution is -2.47. The maximum Gasteiger partial charge on any atom is 0.338 e. The van der Waals surface area contributed by atoms with E-state index in [9.17, 15) is 28.3 Å². The number of esters is 2. The average molecular weight is 1740 g/mol. The molecule has 122 heavy (non-hydrogen) atoms. The van der Waals surface area contributed by atoms with Crippen molar-refractivity contribution in [2.24, 2.45) is 11.8 Å². The molecule has 37 nitrogen and oxygen atoms in total. The van der Waals surface area contributed by atoms with Crippen molar-refractivity contribution < 1.29 is 65.8 Å². The minimum absolute atomic E-state index is 0. The molecule has 4 aromatic carbocycles. The maximum absolute atomic E-state index is 14.6. The quantitative estimate of drug-likeness (QED) is 0.0225. The van der Waals surface area contributed by atoms with Gasteiger partial charge in [-0.2, -0.15) is 37.0 Å². The van der Waals surface area contributed by atoms with Gasteiger partial charge in [0.25, 0.3) is 26.9 Å². The van der Waals surface area contributed by atoms with Crippen LogP contribution in [-0.4, -0.2) is 228 Å². The fraction of sp³-hybridized carbons (Fsp3) is 0.407. The summed E-state index contributed by atoms with van der Waals surface area (Å²) in [6.45, 7) is 18.2. The number of nitrogens with zero attached hydrogens (tertiary/aromatic N) is 18. The summed E-state index contributed by atoms with van der Waals surface area (Å²) in [4.78, 5) is 106. The van der Waals surface area contributed by atoms with Crippen molar-refractivity contribution in [1.29, 1.82) is 0 Å². The summed E-state index contributed by atoms with van der Waals surface area (Å²) in [5, 5.41) is 15.7. The molecule has 0 radical (unpaired) electrons. The van der Waals surface area contributed by atoms with Gasteiger partial charge in [-0.25, -0.2) is 68.8 Å². The number of anilines is 4. The fourth-order valence-electron chi connectivity index (χ4n) is 14.2. The second-order valence-electron chi connectivity index (χ2n) is 30.5. The maximum atomic E-state index is 14.6. The molecule has 5 N–H and O–H groups in total. The number of fused-ring (bicyclic) bond motifs is 4. The Bertz CT molecular complexity index is 5360. The molecule has 16 rings (SSSR count). The lowest BCUT2D eigenvalue weighted by atomic mass is 10.1. The first-order valence-electron chi connectivity index (χ1n) is 39.7. The van der Waals surface area contributed by atoms with Crippen molar-refractivity contribution in [3.63, 3.8) is 0 Å². The standard InChI is InChI=1S/C41H48N11O7P.C40H47N12O7P.2H2S/c1-26(2)18-42-41-47-27(3)34-38(49-41)51(24-45-34)32-17-11-16-30(58-32)22-57-60(4,55)50-19-31(21-56-40(54)29-14-9-6-10-15-29)59-33(20-50)52-25-46-35-36(43-23-44-37(35)52)48-39(53)28-12-7-5-8-13-28;1-25(2)15-42-40-47-26(3)33-37(49-40)51(23-45-33)31-17-41-16-29(58-31)21-57-60(4,55)50-18-30(20-56-39(54)28-13-9-6-10-14-28)59-32(19-50)52-24-46-34-35(43-22-44-36(34)52)48-38(53)27-11-7-5-8-12-27;;/h5-10,12-15,23-26,30-33H,11,16-22H2,1-4H3,(H,42,47,49)(H,43,44,48,53);5-14,22-25,29-32,41H,15-21H2,1-4H3,(H,42,47,49)(H,43,44,48,53);2*1H2/t30-,31-,32+,33+,60-;29-,30-,31+,32+,60-;;/m00../s1. The van der Waals surface area contributed by atoms with Crippen molar-refractivity contribution >= 4 is 134 Å². The number of nitrogens with one attached hydrogen (secondary N) is 5. The summed E-state index contributed by atoms with van der Waals surface area (Å²) in [5.41, 5.74) is 7.36. The Labute approximate surface area is 716 Å². The Morgan fingerprint density at radius 2 is 0.828 bits per heavy atom. The number of carbonyl (C=O) groups is 4. The normalized spacial score (nSPS) is 20.5. The highest BCUT2D eigenvalue weighted by atomic mass is 32.1. The highest BCUT2D eigenvalue weighted by Gasteiger charge is 2.42. The summed E-state index contributed by atoms with van der Waals surface area (Å²) in [6, 6.07) is 34.8. The molecule has 0 spiro atoms.